The highest BCUT2D eigenvalue weighted by molar-refractivity contribution is 5.88. The predicted molar refractivity (Wildman–Crippen MR) is 179 cm³/mol. The van der Waals surface area contributed by atoms with Gasteiger partial charge in [0.25, 0.3) is 0 Å². The van der Waals surface area contributed by atoms with Crippen LogP contribution >= 0.6 is 0 Å². The van der Waals surface area contributed by atoms with Crippen LogP contribution in [0.1, 0.15) is 67.0 Å². The third-order valence-electron chi connectivity index (χ3n) is 7.71. The highest BCUT2D eigenvalue weighted by atomic mass is 16.5. The van der Waals surface area contributed by atoms with Crippen molar-refractivity contribution in [2.45, 2.75) is 52.6 Å². The SMILES string of the molecule is CCOc1cc(C2C(C#N)=C(N)Oc3cc(OC(=O)/C=C/c4ccc(C(C)(C)C)cc4)ccc32)ccc1OCc1ccc(C)cc1. The summed E-state index contributed by atoms with van der Waals surface area (Å²) in [5, 5.41) is 10.1. The second-order valence-corrected chi connectivity index (χ2v) is 12.2. The molecule has 0 amide bonds. The lowest BCUT2D eigenvalue weighted by atomic mass is 9.83. The van der Waals surface area contributed by atoms with E-state index in [4.69, 9.17) is 24.7 Å². The van der Waals surface area contributed by atoms with Crippen molar-refractivity contribution < 1.29 is 23.7 Å². The topological polar surface area (TPSA) is 104 Å². The first-order valence-corrected chi connectivity index (χ1v) is 15.2. The van der Waals surface area contributed by atoms with E-state index in [2.05, 4.69) is 39.0 Å². The summed E-state index contributed by atoms with van der Waals surface area (Å²) in [7, 11) is 0. The summed E-state index contributed by atoms with van der Waals surface area (Å²) >= 11 is 0. The van der Waals surface area contributed by atoms with E-state index in [0.717, 1.165) is 16.7 Å². The van der Waals surface area contributed by atoms with Gasteiger partial charge < -0.3 is 24.7 Å². The van der Waals surface area contributed by atoms with E-state index in [-0.39, 0.29) is 16.9 Å². The fraction of sp³-hybridized carbons (Fsp3) is 0.231. The maximum Gasteiger partial charge on any atom is 0.336 e. The highest BCUT2D eigenvalue weighted by Crippen LogP contribution is 2.45. The third-order valence-corrected chi connectivity index (χ3v) is 7.71. The van der Waals surface area contributed by atoms with E-state index in [9.17, 15) is 10.1 Å². The average molecular weight is 615 g/mol. The molecule has 0 saturated carbocycles. The molecule has 0 fully saturated rings. The van der Waals surface area contributed by atoms with Gasteiger partial charge in [-0.3, -0.25) is 0 Å². The van der Waals surface area contributed by atoms with Crippen molar-refractivity contribution in [1.82, 2.24) is 0 Å². The fourth-order valence-electron chi connectivity index (χ4n) is 5.19. The van der Waals surface area contributed by atoms with Gasteiger partial charge in [0.1, 0.15) is 29.7 Å². The number of esters is 1. The quantitative estimate of drug-likeness (QED) is 0.115. The molecule has 0 spiro atoms. The normalized spacial score (nSPS) is 14.3. The average Bonchev–Trinajstić information content (AvgIpc) is 3.03. The Balaban J connectivity index is 1.36. The Morgan fingerprint density at radius 1 is 0.957 bits per heavy atom. The summed E-state index contributed by atoms with van der Waals surface area (Å²) < 4.78 is 23.5. The Morgan fingerprint density at radius 2 is 1.70 bits per heavy atom. The number of nitrogens with zero attached hydrogens (tertiary/aromatic N) is 1. The molecule has 1 atom stereocenters. The number of ether oxygens (including phenoxy) is 4. The minimum absolute atomic E-state index is 0.0141. The minimum Gasteiger partial charge on any atom is -0.490 e. The molecule has 0 aromatic heterocycles. The molecule has 234 valence electrons. The van der Waals surface area contributed by atoms with Crippen molar-refractivity contribution in [3.8, 4) is 29.1 Å². The van der Waals surface area contributed by atoms with Crippen molar-refractivity contribution in [3.63, 3.8) is 0 Å². The van der Waals surface area contributed by atoms with Crippen LogP contribution < -0.4 is 24.7 Å². The van der Waals surface area contributed by atoms with Gasteiger partial charge >= 0.3 is 5.97 Å². The number of hydrogen-bond donors (Lipinski definition) is 1. The maximum atomic E-state index is 12.7. The van der Waals surface area contributed by atoms with E-state index in [0.29, 0.717) is 41.8 Å². The molecular weight excluding hydrogens is 576 g/mol. The first-order valence-electron chi connectivity index (χ1n) is 15.2. The number of hydrogen-bond acceptors (Lipinski definition) is 7. The van der Waals surface area contributed by atoms with Crippen LogP contribution in [0.15, 0.2) is 102 Å². The van der Waals surface area contributed by atoms with Gasteiger partial charge in [-0.2, -0.15) is 5.26 Å². The number of allylic oxidation sites excluding steroid dienone is 1. The van der Waals surface area contributed by atoms with Gasteiger partial charge in [-0.1, -0.05) is 87.0 Å². The van der Waals surface area contributed by atoms with E-state index in [1.54, 1.807) is 24.3 Å². The summed E-state index contributed by atoms with van der Waals surface area (Å²) in [6, 6.07) is 29.1. The van der Waals surface area contributed by atoms with Crippen molar-refractivity contribution >= 4 is 12.0 Å². The molecule has 0 saturated heterocycles. The van der Waals surface area contributed by atoms with Gasteiger partial charge in [0.15, 0.2) is 11.5 Å². The van der Waals surface area contributed by atoms with Crippen LogP contribution in [0.4, 0.5) is 0 Å². The molecule has 7 heteroatoms. The number of carbonyl (C=O) groups is 1. The van der Waals surface area contributed by atoms with E-state index in [1.165, 1.54) is 17.2 Å². The second kappa shape index (κ2) is 13.7. The molecule has 1 aliphatic heterocycles. The zero-order valence-electron chi connectivity index (χ0n) is 26.8. The lowest BCUT2D eigenvalue weighted by Crippen LogP contribution is -2.21. The molecule has 46 heavy (non-hydrogen) atoms. The van der Waals surface area contributed by atoms with Gasteiger partial charge in [-0.05, 0) is 65.8 Å². The predicted octanol–water partition coefficient (Wildman–Crippen LogP) is 8.11. The van der Waals surface area contributed by atoms with Crippen LogP contribution in [-0.4, -0.2) is 12.6 Å². The van der Waals surface area contributed by atoms with Crippen molar-refractivity contribution in [3.05, 3.63) is 136 Å². The summed E-state index contributed by atoms with van der Waals surface area (Å²) in [5.41, 5.74) is 12.4. The molecule has 0 radical (unpaired) electrons. The monoisotopic (exact) mass is 614 g/mol. The lowest BCUT2D eigenvalue weighted by Gasteiger charge is -2.27. The molecular formula is C39H38N2O5. The molecule has 1 aliphatic rings. The van der Waals surface area contributed by atoms with Gasteiger partial charge in [0.2, 0.25) is 5.88 Å². The van der Waals surface area contributed by atoms with E-state index < -0.39 is 11.9 Å². The Hall–Kier alpha value is -5.48. The molecule has 1 unspecified atom stereocenters. The summed E-state index contributed by atoms with van der Waals surface area (Å²) in [6.45, 7) is 11.2. The van der Waals surface area contributed by atoms with E-state index in [1.807, 2.05) is 68.4 Å². The van der Waals surface area contributed by atoms with Crippen molar-refractivity contribution in [2.24, 2.45) is 5.73 Å². The lowest BCUT2D eigenvalue weighted by molar-refractivity contribution is -0.128. The molecule has 2 N–H and O–H groups in total. The van der Waals surface area contributed by atoms with Gasteiger partial charge in [0, 0.05) is 17.7 Å². The maximum absolute atomic E-state index is 12.7. The number of rotatable bonds is 9. The molecule has 1 heterocycles. The molecule has 0 bridgehead atoms. The van der Waals surface area contributed by atoms with Crippen LogP contribution in [0.25, 0.3) is 6.08 Å². The number of carbonyl (C=O) groups excluding carboxylic acids is 1. The number of aryl methyl sites for hydroxylation is 1. The first kappa shape index (κ1) is 31.9. The molecule has 5 rings (SSSR count). The fourth-order valence-corrected chi connectivity index (χ4v) is 5.19. The summed E-state index contributed by atoms with van der Waals surface area (Å²) in [6.07, 6.45) is 3.10. The highest BCUT2D eigenvalue weighted by Gasteiger charge is 2.32. The number of benzene rings is 4. The standard InChI is InChI=1S/C39H38N2O5/c1-6-43-35-21-28(14-19-33(35)44-24-27-9-7-25(2)8-10-27)37-31-18-17-30(22-34(31)46-38(41)32(37)23-40)45-36(42)20-13-26-11-15-29(16-12-26)39(3,4)5/h7-22,37H,6,24,41H2,1-5H3/b20-13+. The van der Waals surface area contributed by atoms with Crippen molar-refractivity contribution in [2.75, 3.05) is 6.61 Å². The molecule has 4 aromatic rings. The zero-order chi connectivity index (χ0) is 32.8. The smallest absolute Gasteiger partial charge is 0.336 e. The molecule has 7 nitrogen and oxygen atoms in total. The van der Waals surface area contributed by atoms with Crippen LogP contribution in [0.2, 0.25) is 0 Å². The molecule has 0 aliphatic carbocycles. The largest absolute Gasteiger partial charge is 0.490 e. The minimum atomic E-state index is -0.531. The Kier molecular flexibility index (Phi) is 9.48. The second-order valence-electron chi connectivity index (χ2n) is 12.2. The number of fused-ring (bicyclic) bond motifs is 1. The number of nitrogens with two attached hydrogens (primary N) is 1. The van der Waals surface area contributed by atoms with Crippen LogP contribution in [0, 0.1) is 18.3 Å². The van der Waals surface area contributed by atoms with Gasteiger partial charge in [-0.15, -0.1) is 0 Å². The summed E-state index contributed by atoms with van der Waals surface area (Å²) in [5.74, 6) is 0.760. The number of nitriles is 1. The van der Waals surface area contributed by atoms with Crippen LogP contribution in [-0.2, 0) is 16.8 Å². The zero-order valence-corrected chi connectivity index (χ0v) is 26.8. The Bertz CT molecular complexity index is 1820. The van der Waals surface area contributed by atoms with Crippen LogP contribution in [0.3, 0.4) is 0 Å². The van der Waals surface area contributed by atoms with Crippen LogP contribution in [0.5, 0.6) is 23.0 Å². The summed E-state index contributed by atoms with van der Waals surface area (Å²) in [4.78, 5) is 12.7. The van der Waals surface area contributed by atoms with Crippen molar-refractivity contribution in [1.29, 1.82) is 5.26 Å². The first-order chi connectivity index (χ1) is 22.0. The Labute approximate surface area is 270 Å². The third kappa shape index (κ3) is 7.41. The van der Waals surface area contributed by atoms with E-state index >= 15 is 0 Å². The molecule has 4 aromatic carbocycles. The van der Waals surface area contributed by atoms with Gasteiger partial charge in [-0.25, -0.2) is 4.79 Å². The van der Waals surface area contributed by atoms with Gasteiger partial charge in [0.05, 0.1) is 12.5 Å². The Morgan fingerprint density at radius 3 is 2.37 bits per heavy atom.